The summed E-state index contributed by atoms with van der Waals surface area (Å²) in [4.78, 5) is 9.01. The molecule has 5 aromatic rings. The molecule has 0 spiro atoms. The second-order valence-corrected chi connectivity index (χ2v) is 6.96. The number of benzene rings is 2. The molecule has 0 amide bonds. The predicted molar refractivity (Wildman–Crippen MR) is 110 cm³/mol. The van der Waals surface area contributed by atoms with Gasteiger partial charge in [0.25, 0.3) is 0 Å². The highest BCUT2D eigenvalue weighted by Gasteiger charge is 2.15. The number of halogens is 1. The first-order valence-electron chi connectivity index (χ1n) is 9.12. The minimum Gasteiger partial charge on any atom is -0.437 e. The monoisotopic (exact) mass is 368 g/mol. The zero-order valence-corrected chi connectivity index (χ0v) is 15.5. The molecule has 2 aromatic carbocycles. The Labute approximate surface area is 161 Å². The van der Waals surface area contributed by atoms with Crippen LogP contribution < -0.4 is 0 Å². The Morgan fingerprint density at radius 1 is 0.786 bits per heavy atom. The van der Waals surface area contributed by atoms with E-state index in [0.29, 0.717) is 17.0 Å². The average Bonchev–Trinajstić information content (AvgIpc) is 3.06. The van der Waals surface area contributed by atoms with Crippen LogP contribution in [0.25, 0.3) is 44.6 Å². The van der Waals surface area contributed by atoms with E-state index in [4.69, 9.17) is 9.40 Å². The molecule has 136 valence electrons. The third-order valence-corrected chi connectivity index (χ3v) is 5.10. The van der Waals surface area contributed by atoms with E-state index in [9.17, 15) is 4.39 Å². The van der Waals surface area contributed by atoms with Gasteiger partial charge in [-0.05, 0) is 55.3 Å². The van der Waals surface area contributed by atoms with E-state index in [1.165, 1.54) is 23.4 Å². The molecule has 0 saturated heterocycles. The minimum absolute atomic E-state index is 0.361. The number of pyridine rings is 2. The number of furan rings is 1. The molecule has 0 fully saturated rings. The van der Waals surface area contributed by atoms with Gasteiger partial charge in [0.2, 0.25) is 5.71 Å². The number of aryl methyl sites for hydroxylation is 2. The Hall–Kier alpha value is -3.53. The fourth-order valence-corrected chi connectivity index (χ4v) is 3.77. The quantitative estimate of drug-likeness (QED) is 0.359. The highest BCUT2D eigenvalue weighted by molar-refractivity contribution is 6.08. The molecule has 4 heteroatoms. The largest absolute Gasteiger partial charge is 0.437 e. The van der Waals surface area contributed by atoms with Crippen molar-refractivity contribution in [3.8, 4) is 22.5 Å². The molecule has 0 aliphatic rings. The molecule has 0 radical (unpaired) electrons. The lowest BCUT2D eigenvalue weighted by atomic mass is 9.99. The van der Waals surface area contributed by atoms with Gasteiger partial charge in [-0.1, -0.05) is 30.3 Å². The topological polar surface area (TPSA) is 38.9 Å². The molecule has 0 N–H and O–H groups in total. The van der Waals surface area contributed by atoms with Crippen LogP contribution in [0, 0.1) is 19.7 Å². The summed E-state index contributed by atoms with van der Waals surface area (Å²) in [6.07, 6.45) is 1.22. The molecule has 3 heterocycles. The number of para-hydroxylation sites is 1. The van der Waals surface area contributed by atoms with Crippen LogP contribution >= 0.6 is 0 Å². The predicted octanol–water partition coefficient (Wildman–Crippen LogP) is 6.47. The van der Waals surface area contributed by atoms with E-state index in [0.717, 1.165) is 27.6 Å². The fraction of sp³-hybridized carbons (Fsp3) is 0.0833. The van der Waals surface area contributed by atoms with Gasteiger partial charge in [0.05, 0.1) is 17.6 Å². The summed E-state index contributed by atoms with van der Waals surface area (Å²) < 4.78 is 19.4. The van der Waals surface area contributed by atoms with Crippen LogP contribution in [0.5, 0.6) is 0 Å². The number of hydrogen-bond acceptors (Lipinski definition) is 3. The molecule has 0 bridgehead atoms. The van der Waals surface area contributed by atoms with Crippen LogP contribution in [0.3, 0.4) is 0 Å². The fourth-order valence-electron chi connectivity index (χ4n) is 3.77. The number of nitrogens with zero attached hydrogens (tertiary/aromatic N) is 2. The second-order valence-electron chi connectivity index (χ2n) is 6.96. The van der Waals surface area contributed by atoms with Crippen molar-refractivity contribution in [3.63, 3.8) is 0 Å². The lowest BCUT2D eigenvalue weighted by Gasteiger charge is -2.08. The number of fused-ring (bicyclic) bond motifs is 3. The van der Waals surface area contributed by atoms with Crippen molar-refractivity contribution in [1.82, 2.24) is 9.97 Å². The third-order valence-electron chi connectivity index (χ3n) is 5.10. The van der Waals surface area contributed by atoms with Crippen LogP contribution in [0.4, 0.5) is 4.39 Å². The van der Waals surface area contributed by atoms with Crippen molar-refractivity contribution in [2.24, 2.45) is 0 Å². The lowest BCUT2D eigenvalue weighted by molar-refractivity contribution is 0.621. The highest BCUT2D eigenvalue weighted by atomic mass is 19.1. The third kappa shape index (κ3) is 2.57. The highest BCUT2D eigenvalue weighted by Crippen LogP contribution is 2.36. The summed E-state index contributed by atoms with van der Waals surface area (Å²) >= 11 is 0. The maximum atomic E-state index is 13.3. The summed E-state index contributed by atoms with van der Waals surface area (Å²) in [5.41, 5.74) is 7.17. The van der Waals surface area contributed by atoms with Crippen LogP contribution in [0.1, 0.15) is 11.1 Å². The zero-order valence-electron chi connectivity index (χ0n) is 15.5. The molecular weight excluding hydrogens is 351 g/mol. The van der Waals surface area contributed by atoms with Gasteiger partial charge in [-0.25, -0.2) is 9.37 Å². The number of aromatic nitrogens is 2. The van der Waals surface area contributed by atoms with Gasteiger partial charge in [0.15, 0.2) is 0 Å². The Morgan fingerprint density at radius 3 is 2.29 bits per heavy atom. The number of rotatable bonds is 2. The minimum atomic E-state index is -0.361. The van der Waals surface area contributed by atoms with Crippen molar-refractivity contribution in [2.45, 2.75) is 13.8 Å². The van der Waals surface area contributed by atoms with Gasteiger partial charge in [-0.15, -0.1) is 0 Å². The molecule has 0 aliphatic heterocycles. The normalized spacial score (nSPS) is 11.4. The first-order chi connectivity index (χ1) is 13.6. The van der Waals surface area contributed by atoms with E-state index in [-0.39, 0.29) is 5.82 Å². The van der Waals surface area contributed by atoms with Crippen LogP contribution in [-0.2, 0) is 0 Å². The maximum absolute atomic E-state index is 13.3. The van der Waals surface area contributed by atoms with Crippen LogP contribution in [0.15, 0.2) is 71.3 Å². The van der Waals surface area contributed by atoms with Gasteiger partial charge < -0.3 is 4.42 Å². The standard InChI is InChI=1S/C24H17FN2O/c1-14-5-3-6-15(2)22(14)21-12-10-18-17-7-4-8-19(23(17)28-24(18)27-21)20-11-9-16(25)13-26-20/h3-13H,1-2H3. The molecular formula is C24H17FN2O. The Balaban J connectivity index is 1.74. The summed E-state index contributed by atoms with van der Waals surface area (Å²) in [6, 6.07) is 19.3. The smallest absolute Gasteiger partial charge is 0.227 e. The molecule has 28 heavy (non-hydrogen) atoms. The van der Waals surface area contributed by atoms with Crippen LogP contribution in [-0.4, -0.2) is 9.97 Å². The average molecular weight is 368 g/mol. The van der Waals surface area contributed by atoms with E-state index < -0.39 is 0 Å². The molecule has 0 atom stereocenters. The van der Waals surface area contributed by atoms with Crippen molar-refractivity contribution >= 4 is 22.1 Å². The summed E-state index contributed by atoms with van der Waals surface area (Å²) in [7, 11) is 0. The van der Waals surface area contributed by atoms with Crippen LogP contribution in [0.2, 0.25) is 0 Å². The molecule has 3 aromatic heterocycles. The Bertz CT molecular complexity index is 1320. The van der Waals surface area contributed by atoms with Gasteiger partial charge in [0, 0.05) is 21.9 Å². The van der Waals surface area contributed by atoms with E-state index in [1.807, 2.05) is 24.3 Å². The summed E-state index contributed by atoms with van der Waals surface area (Å²) in [6.45, 7) is 4.18. The molecule has 0 saturated carbocycles. The zero-order chi connectivity index (χ0) is 19.3. The van der Waals surface area contributed by atoms with Crippen molar-refractivity contribution < 1.29 is 8.81 Å². The molecule has 0 unspecified atom stereocenters. The Morgan fingerprint density at radius 2 is 1.54 bits per heavy atom. The molecule has 5 rings (SSSR count). The van der Waals surface area contributed by atoms with Crippen molar-refractivity contribution in [2.75, 3.05) is 0 Å². The lowest BCUT2D eigenvalue weighted by Crippen LogP contribution is -1.90. The first kappa shape index (κ1) is 16.6. The Kier molecular flexibility index (Phi) is 3.72. The van der Waals surface area contributed by atoms with E-state index in [1.54, 1.807) is 6.07 Å². The summed E-state index contributed by atoms with van der Waals surface area (Å²) in [5.74, 6) is -0.361. The second kappa shape index (κ2) is 6.27. The van der Waals surface area contributed by atoms with Crippen molar-refractivity contribution in [3.05, 3.63) is 83.8 Å². The molecule has 3 nitrogen and oxygen atoms in total. The SMILES string of the molecule is Cc1cccc(C)c1-c1ccc2c(n1)oc1c(-c3ccc(F)cn3)cccc12. The van der Waals surface area contributed by atoms with E-state index >= 15 is 0 Å². The molecule has 0 aliphatic carbocycles. The summed E-state index contributed by atoms with van der Waals surface area (Å²) in [5, 5.41) is 1.92. The maximum Gasteiger partial charge on any atom is 0.227 e. The van der Waals surface area contributed by atoms with E-state index in [2.05, 4.69) is 43.1 Å². The van der Waals surface area contributed by atoms with Gasteiger partial charge in [0.1, 0.15) is 11.4 Å². The first-order valence-corrected chi connectivity index (χ1v) is 9.12. The van der Waals surface area contributed by atoms with Gasteiger partial charge in [-0.2, -0.15) is 0 Å². The number of hydrogen-bond donors (Lipinski definition) is 0. The van der Waals surface area contributed by atoms with Gasteiger partial charge >= 0.3 is 0 Å². The van der Waals surface area contributed by atoms with Crippen molar-refractivity contribution in [1.29, 1.82) is 0 Å². The van der Waals surface area contributed by atoms with Gasteiger partial charge in [-0.3, -0.25) is 4.98 Å².